The van der Waals surface area contributed by atoms with E-state index in [1.54, 1.807) is 0 Å². The summed E-state index contributed by atoms with van der Waals surface area (Å²) < 4.78 is 7.48. The first kappa shape index (κ1) is 20.1. The second-order valence-corrected chi connectivity index (χ2v) is 7.24. The Morgan fingerprint density at radius 3 is 2.21 bits per heavy atom. The fraction of sp³-hybridized carbons (Fsp3) is 0.667. The number of aromatic hydroxyl groups is 1. The van der Waals surface area contributed by atoms with E-state index in [0.717, 1.165) is 28.4 Å². The fourth-order valence-electron chi connectivity index (χ4n) is 4.01. The third-order valence-corrected chi connectivity index (χ3v) is 5.42. The number of nitrogens with zero attached hydrogens (tertiary/aromatic N) is 2. The molecule has 1 amide bonds. The van der Waals surface area contributed by atoms with E-state index in [0.29, 0.717) is 38.9 Å². The smallest absolute Gasteiger partial charge is 0.334 e. The summed E-state index contributed by atoms with van der Waals surface area (Å²) in [7, 11) is 0. The summed E-state index contributed by atoms with van der Waals surface area (Å²) in [5.41, 5.74) is -2.09. The minimum absolute atomic E-state index is 0.341. The molecule has 1 aromatic heterocycles. The van der Waals surface area contributed by atoms with Crippen LogP contribution in [-0.4, -0.2) is 51.0 Å². The van der Waals surface area contributed by atoms with E-state index in [1.165, 1.54) is 0 Å². The predicted molar refractivity (Wildman–Crippen MR) is 97.8 cm³/mol. The Balaban J connectivity index is 2.14. The molecule has 10 nitrogen and oxygen atoms in total. The van der Waals surface area contributed by atoms with E-state index >= 15 is 0 Å². The molecule has 2 fully saturated rings. The summed E-state index contributed by atoms with van der Waals surface area (Å²) in [4.78, 5) is 49.4. The number of ether oxygens (including phenoxy) is 1. The summed E-state index contributed by atoms with van der Waals surface area (Å²) in [5, 5.41) is 21.5. The van der Waals surface area contributed by atoms with Crippen LogP contribution in [0.5, 0.6) is 5.88 Å². The summed E-state index contributed by atoms with van der Waals surface area (Å²) in [5.74, 6) is -3.00. The third-order valence-electron chi connectivity index (χ3n) is 5.42. The molecule has 3 N–H and O–H groups in total. The number of carbonyl (C=O) groups is 2. The van der Waals surface area contributed by atoms with Crippen molar-refractivity contribution in [3.8, 4) is 5.88 Å². The third kappa shape index (κ3) is 3.96. The Labute approximate surface area is 160 Å². The molecular weight excluding hydrogens is 370 g/mol. The van der Waals surface area contributed by atoms with Crippen LogP contribution < -0.4 is 16.6 Å². The molecule has 0 aromatic carbocycles. The van der Waals surface area contributed by atoms with Gasteiger partial charge in [-0.15, -0.1) is 0 Å². The first-order valence-corrected chi connectivity index (χ1v) is 9.59. The second-order valence-electron chi connectivity index (χ2n) is 7.24. The molecule has 1 aliphatic heterocycles. The van der Waals surface area contributed by atoms with Crippen molar-refractivity contribution < 1.29 is 24.5 Å². The van der Waals surface area contributed by atoms with Gasteiger partial charge < -0.3 is 20.3 Å². The average Bonchev–Trinajstić information content (AvgIpc) is 2.68. The molecule has 28 heavy (non-hydrogen) atoms. The summed E-state index contributed by atoms with van der Waals surface area (Å²) in [6.45, 7) is 0.108. The van der Waals surface area contributed by atoms with Crippen molar-refractivity contribution in [2.75, 3.05) is 19.8 Å². The van der Waals surface area contributed by atoms with Gasteiger partial charge in [-0.25, -0.2) is 4.79 Å². The van der Waals surface area contributed by atoms with Crippen LogP contribution in [0.3, 0.4) is 0 Å². The Morgan fingerprint density at radius 2 is 1.61 bits per heavy atom. The van der Waals surface area contributed by atoms with E-state index in [9.17, 15) is 24.3 Å². The van der Waals surface area contributed by atoms with E-state index in [4.69, 9.17) is 9.84 Å². The molecule has 2 aliphatic rings. The van der Waals surface area contributed by atoms with Crippen LogP contribution in [0.25, 0.3) is 0 Å². The molecule has 0 unspecified atom stereocenters. The zero-order valence-corrected chi connectivity index (χ0v) is 15.6. The van der Waals surface area contributed by atoms with Crippen LogP contribution in [0.1, 0.15) is 67.4 Å². The highest BCUT2D eigenvalue weighted by Crippen LogP contribution is 2.29. The van der Waals surface area contributed by atoms with Crippen LogP contribution in [0.15, 0.2) is 9.59 Å². The maximum atomic E-state index is 13.1. The largest absolute Gasteiger partial charge is 0.494 e. The van der Waals surface area contributed by atoms with E-state index in [2.05, 4.69) is 5.32 Å². The minimum atomic E-state index is -1.28. The van der Waals surface area contributed by atoms with Gasteiger partial charge in [0.25, 0.3) is 11.5 Å². The Bertz CT molecular complexity index is 861. The molecule has 2 heterocycles. The molecular formula is C18H25N3O7. The monoisotopic (exact) mass is 395 g/mol. The molecule has 10 heteroatoms. The minimum Gasteiger partial charge on any atom is -0.494 e. The zero-order chi connectivity index (χ0) is 20.3. The zero-order valence-electron chi connectivity index (χ0n) is 15.6. The average molecular weight is 395 g/mol. The molecule has 1 aromatic rings. The molecule has 0 radical (unpaired) electrons. The van der Waals surface area contributed by atoms with Crippen LogP contribution in [0.2, 0.25) is 0 Å². The van der Waals surface area contributed by atoms with Crippen LogP contribution >= 0.6 is 0 Å². The quantitative estimate of drug-likeness (QED) is 0.655. The second kappa shape index (κ2) is 8.59. The van der Waals surface area contributed by atoms with E-state index < -0.39 is 47.2 Å². The number of amides is 1. The Hall–Kier alpha value is -2.62. The van der Waals surface area contributed by atoms with Gasteiger partial charge in [-0.05, 0) is 25.7 Å². The summed E-state index contributed by atoms with van der Waals surface area (Å²) in [6.07, 6.45) is 4.97. The van der Waals surface area contributed by atoms with E-state index in [1.807, 2.05) is 0 Å². The van der Waals surface area contributed by atoms with Crippen LogP contribution in [0, 0.1) is 0 Å². The molecule has 1 saturated heterocycles. The highest BCUT2D eigenvalue weighted by Gasteiger charge is 2.31. The lowest BCUT2D eigenvalue weighted by atomic mass is 9.95. The first-order chi connectivity index (χ1) is 13.4. The van der Waals surface area contributed by atoms with E-state index in [-0.39, 0.29) is 6.04 Å². The van der Waals surface area contributed by atoms with Gasteiger partial charge in [0.1, 0.15) is 6.54 Å². The van der Waals surface area contributed by atoms with Gasteiger partial charge in [0, 0.05) is 25.3 Å². The van der Waals surface area contributed by atoms with Crippen molar-refractivity contribution in [3.63, 3.8) is 0 Å². The van der Waals surface area contributed by atoms with Crippen molar-refractivity contribution in [3.05, 3.63) is 26.4 Å². The van der Waals surface area contributed by atoms with Crippen molar-refractivity contribution >= 4 is 11.9 Å². The number of aromatic nitrogens is 2. The summed E-state index contributed by atoms with van der Waals surface area (Å²) in [6, 6.07) is -0.742. The maximum absolute atomic E-state index is 13.1. The predicted octanol–water partition coefficient (Wildman–Crippen LogP) is 0.387. The van der Waals surface area contributed by atoms with Gasteiger partial charge in [-0.2, -0.15) is 0 Å². The van der Waals surface area contributed by atoms with Gasteiger partial charge in [0.2, 0.25) is 5.88 Å². The van der Waals surface area contributed by atoms with Crippen LogP contribution in [-0.2, 0) is 9.53 Å². The van der Waals surface area contributed by atoms with Gasteiger partial charge in [0.05, 0.1) is 0 Å². The molecule has 3 rings (SSSR count). The standard InChI is InChI=1S/C18H25N3O7/c22-13(23)10-19-15(24)14-16(25)20(11-4-2-1-3-5-11)18(27)21(17(14)26)12-6-8-28-9-7-12/h11-12,26H,1-10H2,(H,19,24)(H,22,23). The molecule has 0 spiro atoms. The lowest BCUT2D eigenvalue weighted by Crippen LogP contribution is -2.48. The SMILES string of the molecule is O=C(O)CNC(=O)c1c(O)n(C2CCOCC2)c(=O)n(C2CCCCC2)c1=O. The van der Waals surface area contributed by atoms with Gasteiger partial charge in [0.15, 0.2) is 5.56 Å². The maximum Gasteiger partial charge on any atom is 0.334 e. The molecule has 0 bridgehead atoms. The lowest BCUT2D eigenvalue weighted by Gasteiger charge is -2.29. The molecule has 1 aliphatic carbocycles. The van der Waals surface area contributed by atoms with Crippen molar-refractivity contribution in [2.24, 2.45) is 0 Å². The number of rotatable bonds is 5. The van der Waals surface area contributed by atoms with Crippen molar-refractivity contribution in [2.45, 2.75) is 57.0 Å². The normalized spacial score (nSPS) is 18.7. The molecule has 1 saturated carbocycles. The number of aliphatic carboxylic acids is 1. The number of carboxylic acids is 1. The molecule has 154 valence electrons. The number of carbonyl (C=O) groups excluding carboxylic acids is 1. The highest BCUT2D eigenvalue weighted by molar-refractivity contribution is 5.97. The van der Waals surface area contributed by atoms with Gasteiger partial charge in [-0.3, -0.25) is 23.5 Å². The molecule has 0 atom stereocenters. The fourth-order valence-corrected chi connectivity index (χ4v) is 4.01. The topological polar surface area (TPSA) is 140 Å². The number of hydrogen-bond acceptors (Lipinski definition) is 6. The van der Waals surface area contributed by atoms with Crippen LogP contribution in [0.4, 0.5) is 0 Å². The highest BCUT2D eigenvalue weighted by atomic mass is 16.5. The number of hydrogen-bond donors (Lipinski definition) is 3. The number of nitrogens with one attached hydrogen (secondary N) is 1. The first-order valence-electron chi connectivity index (χ1n) is 9.59. The summed E-state index contributed by atoms with van der Waals surface area (Å²) >= 11 is 0. The lowest BCUT2D eigenvalue weighted by molar-refractivity contribution is -0.135. The Kier molecular flexibility index (Phi) is 6.18. The number of carboxylic acid groups (broad SMARTS) is 1. The Morgan fingerprint density at radius 1 is 1.00 bits per heavy atom. The van der Waals surface area contributed by atoms with Crippen molar-refractivity contribution in [1.82, 2.24) is 14.5 Å². The van der Waals surface area contributed by atoms with Gasteiger partial charge >= 0.3 is 11.7 Å². The van der Waals surface area contributed by atoms with Gasteiger partial charge in [-0.1, -0.05) is 19.3 Å². The van der Waals surface area contributed by atoms with Crippen molar-refractivity contribution in [1.29, 1.82) is 0 Å².